The number of nitrogens with one attached hydrogen (secondary N) is 1. The minimum atomic E-state index is -0.216. The number of benzene rings is 1. The topological polar surface area (TPSA) is 54.9 Å². The van der Waals surface area contributed by atoms with Crippen LogP contribution < -0.4 is 5.32 Å². The molecule has 0 radical (unpaired) electrons. The molecule has 1 N–H and O–H groups in total. The normalized spacial score (nSPS) is 12.4. The van der Waals surface area contributed by atoms with Gasteiger partial charge in [-0.3, -0.25) is 4.79 Å². The molecule has 0 saturated carbocycles. The zero-order valence-electron chi connectivity index (χ0n) is 14.4. The number of aryl methyl sites for hydroxylation is 1. The van der Waals surface area contributed by atoms with Crippen LogP contribution in [0.4, 0.5) is 5.69 Å². The molecule has 2 aromatic rings. The van der Waals surface area contributed by atoms with Crippen molar-refractivity contribution < 1.29 is 4.79 Å². The smallest absolute Gasteiger partial charge is 0.237 e. The van der Waals surface area contributed by atoms with E-state index < -0.39 is 0 Å². The molecule has 2 rings (SSSR count). The van der Waals surface area contributed by atoms with Crippen LogP contribution in [-0.4, -0.2) is 27.1 Å². The second-order valence-electron chi connectivity index (χ2n) is 5.84. The maximum absolute atomic E-state index is 12.3. The summed E-state index contributed by atoms with van der Waals surface area (Å²) in [4.78, 5) is 12.3. The minimum Gasteiger partial charge on any atom is -0.325 e. The molecule has 0 bridgehead atoms. The van der Waals surface area contributed by atoms with Crippen molar-refractivity contribution in [3.63, 3.8) is 0 Å². The summed E-state index contributed by atoms with van der Waals surface area (Å²) in [6.45, 7) is 8.37. The van der Waals surface area contributed by atoms with Gasteiger partial charge >= 0.3 is 0 Å². The standard InChI is InChI=1S/C17H23N3OS3/c1-5-13-6-8-14(9-7-13)18-15(21)12(4)23-17-20-19-16(24-17)22-10-11(2)3/h6-9,11-12H,5,10H2,1-4H3,(H,18,21)/t12-/m1/s1. The number of hydrogen-bond acceptors (Lipinski definition) is 6. The summed E-state index contributed by atoms with van der Waals surface area (Å²) in [7, 11) is 0. The van der Waals surface area contributed by atoms with Crippen molar-refractivity contribution >= 4 is 46.5 Å². The van der Waals surface area contributed by atoms with Gasteiger partial charge in [0, 0.05) is 11.4 Å². The van der Waals surface area contributed by atoms with E-state index in [9.17, 15) is 4.79 Å². The highest BCUT2D eigenvalue weighted by molar-refractivity contribution is 8.03. The molecule has 1 amide bonds. The average Bonchev–Trinajstić information content (AvgIpc) is 3.01. The Labute approximate surface area is 156 Å². The van der Waals surface area contributed by atoms with Gasteiger partial charge in [-0.25, -0.2) is 0 Å². The van der Waals surface area contributed by atoms with Gasteiger partial charge in [-0.2, -0.15) is 0 Å². The summed E-state index contributed by atoms with van der Waals surface area (Å²) in [5.74, 6) is 1.64. The van der Waals surface area contributed by atoms with Crippen molar-refractivity contribution in [1.29, 1.82) is 0 Å². The summed E-state index contributed by atoms with van der Waals surface area (Å²) in [6, 6.07) is 7.96. The van der Waals surface area contributed by atoms with E-state index in [-0.39, 0.29) is 11.2 Å². The minimum absolute atomic E-state index is 0.0177. The Balaban J connectivity index is 1.86. The highest BCUT2D eigenvalue weighted by Crippen LogP contribution is 2.32. The maximum Gasteiger partial charge on any atom is 0.237 e. The van der Waals surface area contributed by atoms with E-state index in [1.54, 1.807) is 23.1 Å². The number of rotatable bonds is 8. The first-order chi connectivity index (χ1) is 11.5. The second-order valence-corrected chi connectivity index (χ2v) is 9.67. The fraction of sp³-hybridized carbons (Fsp3) is 0.471. The fourth-order valence-corrected chi connectivity index (χ4v) is 4.95. The van der Waals surface area contributed by atoms with Crippen molar-refractivity contribution in [2.75, 3.05) is 11.1 Å². The van der Waals surface area contributed by atoms with Gasteiger partial charge in [0.1, 0.15) is 0 Å². The van der Waals surface area contributed by atoms with Crippen LogP contribution in [-0.2, 0) is 11.2 Å². The first-order valence-corrected chi connectivity index (χ1v) is 10.7. The highest BCUT2D eigenvalue weighted by Gasteiger charge is 2.17. The number of carbonyl (C=O) groups is 1. The lowest BCUT2D eigenvalue weighted by atomic mass is 10.1. The number of thioether (sulfide) groups is 2. The Morgan fingerprint density at radius 1 is 1.17 bits per heavy atom. The Morgan fingerprint density at radius 2 is 1.83 bits per heavy atom. The van der Waals surface area contributed by atoms with Crippen LogP contribution in [0, 0.1) is 5.92 Å². The molecule has 130 valence electrons. The molecule has 0 fully saturated rings. The Hall–Kier alpha value is -1.05. The van der Waals surface area contributed by atoms with Gasteiger partial charge in [-0.1, -0.05) is 67.8 Å². The third kappa shape index (κ3) is 6.11. The molecule has 7 heteroatoms. The Kier molecular flexibility index (Phi) is 7.58. The van der Waals surface area contributed by atoms with Crippen molar-refractivity contribution in [2.24, 2.45) is 5.92 Å². The van der Waals surface area contributed by atoms with Crippen LogP contribution in [0.15, 0.2) is 32.9 Å². The van der Waals surface area contributed by atoms with Crippen LogP contribution in [0.25, 0.3) is 0 Å². The SMILES string of the molecule is CCc1ccc(NC(=O)[C@@H](C)Sc2nnc(SCC(C)C)s2)cc1. The number of hydrogen-bond donors (Lipinski definition) is 1. The number of carbonyl (C=O) groups excluding carboxylic acids is 1. The molecule has 1 atom stereocenters. The van der Waals surface area contributed by atoms with Crippen LogP contribution in [0.5, 0.6) is 0 Å². The molecule has 4 nitrogen and oxygen atoms in total. The largest absolute Gasteiger partial charge is 0.325 e. The summed E-state index contributed by atoms with van der Waals surface area (Å²) in [5.41, 5.74) is 2.09. The number of nitrogens with zero attached hydrogens (tertiary/aromatic N) is 2. The van der Waals surface area contributed by atoms with Crippen molar-refractivity contribution in [2.45, 2.75) is 48.0 Å². The van der Waals surface area contributed by atoms with Crippen LogP contribution in [0.1, 0.15) is 33.3 Å². The zero-order valence-corrected chi connectivity index (χ0v) is 16.9. The van der Waals surface area contributed by atoms with E-state index >= 15 is 0 Å². The van der Waals surface area contributed by atoms with Gasteiger partial charge in [0.25, 0.3) is 0 Å². The van der Waals surface area contributed by atoms with E-state index in [0.717, 1.165) is 26.5 Å². The maximum atomic E-state index is 12.3. The van der Waals surface area contributed by atoms with Crippen LogP contribution >= 0.6 is 34.9 Å². The summed E-state index contributed by atoms with van der Waals surface area (Å²) in [5, 5.41) is 11.1. The van der Waals surface area contributed by atoms with Gasteiger partial charge in [-0.15, -0.1) is 10.2 Å². The molecule has 0 saturated heterocycles. The lowest BCUT2D eigenvalue weighted by molar-refractivity contribution is -0.115. The van der Waals surface area contributed by atoms with E-state index in [1.165, 1.54) is 17.3 Å². The van der Waals surface area contributed by atoms with Gasteiger partial charge < -0.3 is 5.32 Å². The quantitative estimate of drug-likeness (QED) is 0.654. The lowest BCUT2D eigenvalue weighted by Crippen LogP contribution is -2.22. The molecule has 0 aliphatic heterocycles. The molecule has 0 spiro atoms. The molecular formula is C17H23N3OS3. The fourth-order valence-electron chi connectivity index (χ4n) is 1.81. The van der Waals surface area contributed by atoms with Crippen LogP contribution in [0.3, 0.4) is 0 Å². The molecule has 0 aliphatic rings. The lowest BCUT2D eigenvalue weighted by Gasteiger charge is -2.10. The summed E-state index contributed by atoms with van der Waals surface area (Å²) >= 11 is 4.73. The van der Waals surface area contributed by atoms with Crippen LogP contribution in [0.2, 0.25) is 0 Å². The molecule has 1 aromatic carbocycles. The van der Waals surface area contributed by atoms with Gasteiger partial charge in [0.15, 0.2) is 8.68 Å². The molecule has 1 heterocycles. The predicted molar refractivity (Wildman–Crippen MR) is 105 cm³/mol. The van der Waals surface area contributed by atoms with Crippen molar-refractivity contribution in [3.8, 4) is 0 Å². The first-order valence-electron chi connectivity index (χ1n) is 8.00. The monoisotopic (exact) mass is 381 g/mol. The van der Waals surface area contributed by atoms with E-state index in [2.05, 4.69) is 36.3 Å². The first kappa shape index (κ1) is 19.3. The molecular weight excluding hydrogens is 358 g/mol. The average molecular weight is 382 g/mol. The summed E-state index contributed by atoms with van der Waals surface area (Å²) in [6.07, 6.45) is 0.995. The zero-order chi connectivity index (χ0) is 17.5. The van der Waals surface area contributed by atoms with Gasteiger partial charge in [-0.05, 0) is 37.0 Å². The predicted octanol–water partition coefficient (Wildman–Crippen LogP) is 4.97. The highest BCUT2D eigenvalue weighted by atomic mass is 32.2. The summed E-state index contributed by atoms with van der Waals surface area (Å²) < 4.78 is 1.80. The Morgan fingerprint density at radius 3 is 2.46 bits per heavy atom. The number of anilines is 1. The van der Waals surface area contributed by atoms with Gasteiger partial charge in [0.05, 0.1) is 5.25 Å². The van der Waals surface area contributed by atoms with Crippen molar-refractivity contribution in [1.82, 2.24) is 10.2 Å². The van der Waals surface area contributed by atoms with E-state index in [1.807, 2.05) is 31.2 Å². The Bertz CT molecular complexity index is 655. The van der Waals surface area contributed by atoms with Gasteiger partial charge in [0.2, 0.25) is 5.91 Å². The van der Waals surface area contributed by atoms with E-state index in [4.69, 9.17) is 0 Å². The molecule has 1 aromatic heterocycles. The third-order valence-electron chi connectivity index (χ3n) is 3.20. The molecule has 0 aliphatic carbocycles. The van der Waals surface area contributed by atoms with E-state index in [0.29, 0.717) is 5.92 Å². The third-order valence-corrected chi connectivity index (χ3v) is 6.87. The molecule has 0 unspecified atom stereocenters. The number of amides is 1. The van der Waals surface area contributed by atoms with Crippen molar-refractivity contribution in [3.05, 3.63) is 29.8 Å². The second kappa shape index (κ2) is 9.44. The number of aromatic nitrogens is 2. The molecule has 24 heavy (non-hydrogen) atoms.